The van der Waals surface area contributed by atoms with Gasteiger partial charge in [-0.2, -0.15) is 0 Å². The highest BCUT2D eigenvalue weighted by atomic mass is 16.7. The average Bonchev–Trinajstić information content (AvgIpc) is 3.08. The van der Waals surface area contributed by atoms with Crippen molar-refractivity contribution >= 4 is 11.6 Å². The molecule has 0 saturated carbocycles. The summed E-state index contributed by atoms with van der Waals surface area (Å²) in [5.74, 6) is 2.17. The second-order valence-electron chi connectivity index (χ2n) is 5.01. The van der Waals surface area contributed by atoms with Gasteiger partial charge in [0.25, 0.3) is 5.91 Å². The Labute approximate surface area is 122 Å². The Balaban J connectivity index is 1.54. The fourth-order valence-corrected chi connectivity index (χ4v) is 2.23. The summed E-state index contributed by atoms with van der Waals surface area (Å²) in [5.41, 5.74) is 0.704. The van der Waals surface area contributed by atoms with Crippen LogP contribution >= 0.6 is 0 Å². The Morgan fingerprint density at radius 2 is 2.14 bits per heavy atom. The number of rotatable bonds is 5. The number of carbonyl (C=O) groups excluding carboxylic acids is 1. The minimum absolute atomic E-state index is 0.0575. The molecule has 21 heavy (non-hydrogen) atoms. The third kappa shape index (κ3) is 3.35. The molecule has 6 heteroatoms. The van der Waals surface area contributed by atoms with Crippen LogP contribution in [0, 0.1) is 0 Å². The van der Waals surface area contributed by atoms with E-state index in [2.05, 4.69) is 5.32 Å². The minimum atomic E-state index is -0.0575. The molecule has 0 bridgehead atoms. The van der Waals surface area contributed by atoms with E-state index in [9.17, 15) is 4.79 Å². The van der Waals surface area contributed by atoms with Gasteiger partial charge in [-0.1, -0.05) is 0 Å². The maximum absolute atomic E-state index is 12.0. The van der Waals surface area contributed by atoms with E-state index in [1.165, 1.54) is 0 Å². The number of fused-ring (bicyclic) bond motifs is 1. The molecule has 1 aliphatic heterocycles. The van der Waals surface area contributed by atoms with Gasteiger partial charge in [0, 0.05) is 11.8 Å². The molecule has 1 amide bonds. The van der Waals surface area contributed by atoms with Crippen molar-refractivity contribution < 1.29 is 23.6 Å². The van der Waals surface area contributed by atoms with E-state index >= 15 is 0 Å². The smallest absolute Gasteiger partial charge is 0.279 e. The van der Waals surface area contributed by atoms with Crippen LogP contribution < -0.4 is 19.7 Å². The fraction of sp³-hybridized carbons (Fsp3) is 0.267. The lowest BCUT2D eigenvalue weighted by Crippen LogP contribution is -3.08. The van der Waals surface area contributed by atoms with Gasteiger partial charge in [-0.3, -0.25) is 4.79 Å². The Morgan fingerprint density at radius 3 is 2.95 bits per heavy atom. The molecule has 0 saturated heterocycles. The van der Waals surface area contributed by atoms with E-state index in [0.717, 1.165) is 10.7 Å². The molecule has 110 valence electrons. The van der Waals surface area contributed by atoms with Crippen LogP contribution in [0.25, 0.3) is 0 Å². The zero-order valence-corrected chi connectivity index (χ0v) is 11.7. The number of benzene rings is 1. The van der Waals surface area contributed by atoms with Crippen LogP contribution in [-0.4, -0.2) is 26.3 Å². The monoisotopic (exact) mass is 289 g/mol. The van der Waals surface area contributed by atoms with Gasteiger partial charge in [-0.05, 0) is 24.3 Å². The van der Waals surface area contributed by atoms with Gasteiger partial charge in [0.15, 0.2) is 23.8 Å². The van der Waals surface area contributed by atoms with Crippen molar-refractivity contribution in [3.63, 3.8) is 0 Å². The topological polar surface area (TPSA) is 65.1 Å². The van der Waals surface area contributed by atoms with Crippen LogP contribution in [0.3, 0.4) is 0 Å². The summed E-state index contributed by atoms with van der Waals surface area (Å²) in [7, 11) is 1.95. The molecule has 0 spiro atoms. The van der Waals surface area contributed by atoms with Crippen molar-refractivity contribution in [1.29, 1.82) is 0 Å². The van der Waals surface area contributed by atoms with Gasteiger partial charge in [-0.15, -0.1) is 0 Å². The van der Waals surface area contributed by atoms with Crippen molar-refractivity contribution in [2.45, 2.75) is 6.54 Å². The van der Waals surface area contributed by atoms with Gasteiger partial charge >= 0.3 is 0 Å². The lowest BCUT2D eigenvalue weighted by atomic mass is 10.2. The molecule has 6 nitrogen and oxygen atoms in total. The standard InChI is InChI=1S/C15H16N2O4/c1-17(8-12-3-2-6-19-12)9-15(18)16-11-4-5-13-14(7-11)21-10-20-13/h2-7H,8-10H2,1H3,(H,16,18)/p+1. The van der Waals surface area contributed by atoms with E-state index in [1.54, 1.807) is 24.5 Å². The number of hydrogen-bond donors (Lipinski definition) is 2. The van der Waals surface area contributed by atoms with Crippen LogP contribution in [0.1, 0.15) is 5.76 Å². The number of carbonyl (C=O) groups is 1. The third-order valence-corrected chi connectivity index (χ3v) is 3.17. The van der Waals surface area contributed by atoms with Crippen LogP contribution in [0.4, 0.5) is 5.69 Å². The maximum atomic E-state index is 12.0. The first kappa shape index (κ1) is 13.5. The Morgan fingerprint density at radius 1 is 1.29 bits per heavy atom. The number of anilines is 1. The molecule has 3 rings (SSSR count). The summed E-state index contributed by atoms with van der Waals surface area (Å²) in [5, 5.41) is 2.86. The van der Waals surface area contributed by atoms with Crippen LogP contribution in [0.2, 0.25) is 0 Å². The van der Waals surface area contributed by atoms with Crippen molar-refractivity contribution in [3.05, 3.63) is 42.4 Å². The predicted octanol–water partition coefficient (Wildman–Crippen LogP) is 0.662. The van der Waals surface area contributed by atoms with Crippen LogP contribution in [-0.2, 0) is 11.3 Å². The van der Waals surface area contributed by atoms with Crippen LogP contribution in [0.15, 0.2) is 41.0 Å². The summed E-state index contributed by atoms with van der Waals surface area (Å²) < 4.78 is 15.8. The number of furan rings is 1. The minimum Gasteiger partial charge on any atom is -0.463 e. The lowest BCUT2D eigenvalue weighted by molar-refractivity contribution is -0.886. The molecule has 0 aliphatic carbocycles. The van der Waals surface area contributed by atoms with Gasteiger partial charge in [-0.25, -0.2) is 0 Å². The highest BCUT2D eigenvalue weighted by Gasteiger charge is 2.16. The van der Waals surface area contributed by atoms with Gasteiger partial charge in [0.05, 0.1) is 13.3 Å². The first-order valence-corrected chi connectivity index (χ1v) is 6.74. The molecule has 2 N–H and O–H groups in total. The number of amides is 1. The number of quaternary nitrogens is 1. The molecule has 1 atom stereocenters. The maximum Gasteiger partial charge on any atom is 0.279 e. The van der Waals surface area contributed by atoms with E-state index in [1.807, 2.05) is 19.2 Å². The summed E-state index contributed by atoms with van der Waals surface area (Å²) >= 11 is 0. The zero-order chi connectivity index (χ0) is 14.7. The molecule has 1 aliphatic rings. The van der Waals surface area contributed by atoms with Crippen molar-refractivity contribution in [2.75, 3.05) is 25.7 Å². The van der Waals surface area contributed by atoms with Crippen molar-refractivity contribution in [3.8, 4) is 11.5 Å². The number of likely N-dealkylation sites (N-methyl/N-ethyl adjacent to an activating group) is 1. The Kier molecular flexibility index (Phi) is 3.79. The van der Waals surface area contributed by atoms with E-state index in [4.69, 9.17) is 13.9 Å². The molecular formula is C15H17N2O4+. The molecule has 0 fully saturated rings. The number of nitrogens with one attached hydrogen (secondary N) is 2. The van der Waals surface area contributed by atoms with E-state index < -0.39 is 0 Å². The normalized spacial score (nSPS) is 14.0. The Hall–Kier alpha value is -2.47. The second kappa shape index (κ2) is 5.88. The summed E-state index contributed by atoms with van der Waals surface area (Å²) in [4.78, 5) is 13.1. The van der Waals surface area contributed by atoms with Gasteiger partial charge < -0.3 is 24.1 Å². The number of hydrogen-bond acceptors (Lipinski definition) is 4. The largest absolute Gasteiger partial charge is 0.463 e. The molecule has 1 unspecified atom stereocenters. The zero-order valence-electron chi connectivity index (χ0n) is 11.7. The number of ether oxygens (including phenoxy) is 2. The molecule has 1 aromatic heterocycles. The van der Waals surface area contributed by atoms with E-state index in [-0.39, 0.29) is 12.7 Å². The predicted molar refractivity (Wildman–Crippen MR) is 75.4 cm³/mol. The highest BCUT2D eigenvalue weighted by Crippen LogP contribution is 2.34. The van der Waals surface area contributed by atoms with E-state index in [0.29, 0.717) is 30.3 Å². The van der Waals surface area contributed by atoms with Gasteiger partial charge in [0.1, 0.15) is 6.54 Å². The molecule has 2 aromatic rings. The highest BCUT2D eigenvalue weighted by molar-refractivity contribution is 5.91. The Bertz CT molecular complexity index is 625. The van der Waals surface area contributed by atoms with Gasteiger partial charge in [0.2, 0.25) is 6.79 Å². The van der Waals surface area contributed by atoms with Crippen molar-refractivity contribution in [1.82, 2.24) is 0 Å². The van der Waals surface area contributed by atoms with Crippen molar-refractivity contribution in [2.24, 2.45) is 0 Å². The first-order chi connectivity index (χ1) is 10.2. The average molecular weight is 289 g/mol. The quantitative estimate of drug-likeness (QED) is 0.849. The SMILES string of the molecule is C[NH+](CC(=O)Nc1ccc2c(c1)OCO2)Cc1ccco1. The summed E-state index contributed by atoms with van der Waals surface area (Å²) in [6.45, 7) is 1.25. The second-order valence-corrected chi connectivity index (χ2v) is 5.01. The molecule has 0 radical (unpaired) electrons. The first-order valence-electron chi connectivity index (χ1n) is 6.74. The third-order valence-electron chi connectivity index (χ3n) is 3.17. The summed E-state index contributed by atoms with van der Waals surface area (Å²) in [6, 6.07) is 9.10. The molecule has 1 aromatic carbocycles. The van der Waals surface area contributed by atoms with Crippen LogP contribution in [0.5, 0.6) is 11.5 Å². The lowest BCUT2D eigenvalue weighted by Gasteiger charge is -2.12. The fourth-order valence-electron chi connectivity index (χ4n) is 2.23. The molecular weight excluding hydrogens is 272 g/mol. The summed E-state index contributed by atoms with van der Waals surface area (Å²) in [6.07, 6.45) is 1.63. The molecule has 2 heterocycles.